The van der Waals surface area contributed by atoms with Crippen molar-refractivity contribution in [1.29, 1.82) is 0 Å². The molecule has 0 bridgehead atoms. The quantitative estimate of drug-likeness (QED) is 0.756. The topological polar surface area (TPSA) is 47.3 Å². The lowest BCUT2D eigenvalue weighted by Crippen LogP contribution is -2.53. The van der Waals surface area contributed by atoms with Gasteiger partial charge >= 0.3 is 0 Å². The third-order valence-corrected chi connectivity index (χ3v) is 4.90. The Morgan fingerprint density at radius 2 is 2.47 bits per heavy atom. The molecule has 0 aromatic rings. The minimum atomic E-state index is 0.177. The first kappa shape index (κ1) is 11.7. The van der Waals surface area contributed by atoms with E-state index in [0.717, 1.165) is 30.7 Å². The maximum Gasteiger partial charge on any atom is 0.0700 e. The van der Waals surface area contributed by atoms with Gasteiger partial charge in [-0.1, -0.05) is 6.92 Å². The van der Waals surface area contributed by atoms with E-state index in [2.05, 4.69) is 12.2 Å². The fourth-order valence-corrected chi connectivity index (χ4v) is 3.82. The lowest BCUT2D eigenvalue weighted by atomic mass is 9.96. The smallest absolute Gasteiger partial charge is 0.0700 e. The predicted octanol–water partition coefficient (Wildman–Crippen LogP) is 0.978. The van der Waals surface area contributed by atoms with Crippen molar-refractivity contribution in [1.82, 2.24) is 5.32 Å². The summed E-state index contributed by atoms with van der Waals surface area (Å²) in [6.07, 6.45) is 4.04. The second-order valence-electron chi connectivity index (χ2n) is 4.83. The predicted molar refractivity (Wildman–Crippen MR) is 65.3 cm³/mol. The number of nitrogens with one attached hydrogen (secondary N) is 1. The Kier molecular flexibility index (Phi) is 3.93. The number of hydrogen-bond acceptors (Lipinski definition) is 4. The highest BCUT2D eigenvalue weighted by atomic mass is 32.2. The van der Waals surface area contributed by atoms with E-state index < -0.39 is 0 Å². The Labute approximate surface area is 96.5 Å². The molecule has 15 heavy (non-hydrogen) atoms. The maximum atomic E-state index is 5.90. The zero-order valence-corrected chi connectivity index (χ0v) is 10.3. The molecule has 2 rings (SSSR count). The van der Waals surface area contributed by atoms with Crippen molar-refractivity contribution in [3.8, 4) is 0 Å². The molecule has 2 heterocycles. The van der Waals surface area contributed by atoms with Crippen molar-refractivity contribution in [3.05, 3.63) is 0 Å². The molecule has 2 saturated heterocycles. The summed E-state index contributed by atoms with van der Waals surface area (Å²) in [5.74, 6) is 1.15. The van der Waals surface area contributed by atoms with Crippen LogP contribution in [0.4, 0.5) is 0 Å². The number of ether oxygens (including phenoxy) is 1. The molecule has 3 N–H and O–H groups in total. The molecule has 0 spiro atoms. The molecular formula is C11H22N2OS. The number of thioether (sulfide) groups is 1. The Morgan fingerprint density at radius 3 is 3.00 bits per heavy atom. The van der Waals surface area contributed by atoms with E-state index in [1.165, 1.54) is 19.3 Å². The molecule has 2 fully saturated rings. The minimum absolute atomic E-state index is 0.177. The van der Waals surface area contributed by atoms with E-state index in [0.29, 0.717) is 6.10 Å². The van der Waals surface area contributed by atoms with E-state index in [9.17, 15) is 0 Å². The fraction of sp³-hybridized carbons (Fsp3) is 1.00. The van der Waals surface area contributed by atoms with E-state index >= 15 is 0 Å². The monoisotopic (exact) mass is 230 g/mol. The normalized spacial score (nSPS) is 41.2. The van der Waals surface area contributed by atoms with Crippen LogP contribution in [0.15, 0.2) is 0 Å². The van der Waals surface area contributed by atoms with E-state index in [-0.39, 0.29) is 5.54 Å². The van der Waals surface area contributed by atoms with Gasteiger partial charge in [-0.25, -0.2) is 0 Å². The minimum Gasteiger partial charge on any atom is -0.377 e. The molecule has 88 valence electrons. The maximum absolute atomic E-state index is 5.90. The molecule has 4 heteroatoms. The van der Waals surface area contributed by atoms with Gasteiger partial charge in [-0.05, 0) is 19.3 Å². The van der Waals surface area contributed by atoms with Crippen LogP contribution in [-0.4, -0.2) is 42.3 Å². The van der Waals surface area contributed by atoms with Gasteiger partial charge in [-0.15, -0.1) is 0 Å². The van der Waals surface area contributed by atoms with Crippen LogP contribution < -0.4 is 11.1 Å². The molecule has 3 atom stereocenters. The first-order valence-electron chi connectivity index (χ1n) is 5.92. The molecule has 0 radical (unpaired) electrons. The van der Waals surface area contributed by atoms with Crippen LogP contribution in [0.1, 0.15) is 26.2 Å². The Bertz CT molecular complexity index is 209. The van der Waals surface area contributed by atoms with Crippen molar-refractivity contribution in [2.45, 2.75) is 43.1 Å². The van der Waals surface area contributed by atoms with Gasteiger partial charge < -0.3 is 15.8 Å². The highest BCUT2D eigenvalue weighted by Crippen LogP contribution is 2.33. The molecule has 2 aliphatic rings. The average Bonchev–Trinajstić information content (AvgIpc) is 2.85. The number of hydrogen-bond donors (Lipinski definition) is 2. The Morgan fingerprint density at radius 1 is 1.60 bits per heavy atom. The summed E-state index contributed by atoms with van der Waals surface area (Å²) < 4.78 is 5.62. The summed E-state index contributed by atoms with van der Waals surface area (Å²) in [5, 5.41) is 4.39. The fourth-order valence-electron chi connectivity index (χ4n) is 2.44. The van der Waals surface area contributed by atoms with E-state index in [1.807, 2.05) is 11.8 Å². The van der Waals surface area contributed by atoms with Crippen LogP contribution in [-0.2, 0) is 4.74 Å². The van der Waals surface area contributed by atoms with Gasteiger partial charge in [0.1, 0.15) is 0 Å². The molecule has 2 aliphatic heterocycles. The summed E-state index contributed by atoms with van der Waals surface area (Å²) in [6, 6.07) is 0. The Balaban J connectivity index is 1.80. The van der Waals surface area contributed by atoms with Gasteiger partial charge in [0.05, 0.1) is 6.10 Å². The van der Waals surface area contributed by atoms with Gasteiger partial charge in [-0.3, -0.25) is 0 Å². The molecule has 3 nitrogen and oxygen atoms in total. The Hall–Kier alpha value is 0.230. The van der Waals surface area contributed by atoms with Crippen molar-refractivity contribution < 1.29 is 4.74 Å². The van der Waals surface area contributed by atoms with Crippen molar-refractivity contribution in [2.24, 2.45) is 5.73 Å². The van der Waals surface area contributed by atoms with Crippen LogP contribution in [0.3, 0.4) is 0 Å². The first-order valence-corrected chi connectivity index (χ1v) is 6.97. The molecule has 3 unspecified atom stereocenters. The van der Waals surface area contributed by atoms with Crippen LogP contribution in [0.25, 0.3) is 0 Å². The average molecular weight is 230 g/mol. The standard InChI is InChI=1S/C11H22N2OS/c1-9-5-11(7-12,8-15-9)13-6-10-3-2-4-14-10/h9-10,13H,2-8,12H2,1H3. The largest absolute Gasteiger partial charge is 0.377 e. The third kappa shape index (κ3) is 2.87. The second kappa shape index (κ2) is 5.04. The summed E-state index contributed by atoms with van der Waals surface area (Å²) in [6.45, 7) is 4.95. The van der Waals surface area contributed by atoms with Gasteiger partial charge in [-0.2, -0.15) is 11.8 Å². The number of nitrogens with two attached hydrogens (primary N) is 1. The van der Waals surface area contributed by atoms with Crippen LogP contribution >= 0.6 is 11.8 Å². The summed E-state index contributed by atoms with van der Waals surface area (Å²) in [5.41, 5.74) is 6.08. The molecule has 0 aromatic carbocycles. The van der Waals surface area contributed by atoms with Crippen molar-refractivity contribution >= 4 is 11.8 Å². The molecular weight excluding hydrogens is 208 g/mol. The number of rotatable bonds is 4. The van der Waals surface area contributed by atoms with E-state index in [1.54, 1.807) is 0 Å². The lowest BCUT2D eigenvalue weighted by Gasteiger charge is -2.29. The van der Waals surface area contributed by atoms with Gasteiger partial charge in [0, 0.05) is 36.2 Å². The second-order valence-corrected chi connectivity index (χ2v) is 6.25. The molecule has 0 aliphatic carbocycles. The third-order valence-electron chi connectivity index (χ3n) is 3.44. The van der Waals surface area contributed by atoms with Crippen LogP contribution in [0, 0.1) is 0 Å². The van der Waals surface area contributed by atoms with E-state index in [4.69, 9.17) is 10.5 Å². The summed E-state index contributed by atoms with van der Waals surface area (Å²) in [7, 11) is 0. The van der Waals surface area contributed by atoms with Crippen molar-refractivity contribution in [3.63, 3.8) is 0 Å². The zero-order chi connectivity index (χ0) is 10.7. The first-order chi connectivity index (χ1) is 7.24. The molecule has 0 saturated carbocycles. The molecule has 0 aromatic heterocycles. The SMILES string of the molecule is CC1CC(CN)(NCC2CCCO2)CS1. The van der Waals surface area contributed by atoms with Gasteiger partial charge in [0.25, 0.3) is 0 Å². The van der Waals surface area contributed by atoms with Crippen LogP contribution in [0.2, 0.25) is 0 Å². The summed E-state index contributed by atoms with van der Waals surface area (Å²) >= 11 is 2.03. The summed E-state index contributed by atoms with van der Waals surface area (Å²) in [4.78, 5) is 0. The highest BCUT2D eigenvalue weighted by Gasteiger charge is 2.37. The van der Waals surface area contributed by atoms with Gasteiger partial charge in [0.2, 0.25) is 0 Å². The molecule has 0 amide bonds. The van der Waals surface area contributed by atoms with Crippen molar-refractivity contribution in [2.75, 3.05) is 25.4 Å². The van der Waals surface area contributed by atoms with Gasteiger partial charge in [0.15, 0.2) is 0 Å². The van der Waals surface area contributed by atoms with Crippen LogP contribution in [0.5, 0.6) is 0 Å². The highest BCUT2D eigenvalue weighted by molar-refractivity contribution is 8.00. The zero-order valence-electron chi connectivity index (χ0n) is 9.50. The lowest BCUT2D eigenvalue weighted by molar-refractivity contribution is 0.102.